The third-order valence-electron chi connectivity index (χ3n) is 5.40. The summed E-state index contributed by atoms with van der Waals surface area (Å²) in [6, 6.07) is 18.3. The first kappa shape index (κ1) is 25.7. The number of hydrogen-bond donors (Lipinski definition) is 2. The van der Waals surface area contributed by atoms with Crippen LogP contribution < -0.4 is 14.8 Å². The molecule has 0 saturated carbocycles. The molecule has 0 aromatic heterocycles. The number of sulfonamides is 1. The van der Waals surface area contributed by atoms with Crippen LogP contribution >= 0.6 is 11.6 Å². The Labute approximate surface area is 206 Å². The standard InChI is InChI=1S/C26H29ClN2O4S/c1-4-20-13-9-10-18(3)25(20)28-26(30)23(16-19-11-7-6-8-12-19)29-34(31,32)21-14-15-24(33-5-2)22(27)17-21/h6-15,17,23,29H,4-5,16H2,1-3H3,(H,28,30)/t23-/m1/s1. The third-order valence-corrected chi connectivity index (χ3v) is 7.16. The van der Waals surface area contributed by atoms with Crippen molar-refractivity contribution in [2.24, 2.45) is 0 Å². The topological polar surface area (TPSA) is 84.5 Å². The zero-order valence-electron chi connectivity index (χ0n) is 19.5. The highest BCUT2D eigenvalue weighted by molar-refractivity contribution is 7.89. The molecule has 3 rings (SSSR count). The zero-order valence-corrected chi connectivity index (χ0v) is 21.0. The second-order valence-electron chi connectivity index (χ2n) is 7.84. The minimum atomic E-state index is -4.05. The summed E-state index contributed by atoms with van der Waals surface area (Å²) in [7, 11) is -4.05. The number of carbonyl (C=O) groups is 1. The summed E-state index contributed by atoms with van der Waals surface area (Å²) < 4.78 is 34.4. The fourth-order valence-electron chi connectivity index (χ4n) is 3.63. The average molecular weight is 501 g/mol. The fraction of sp³-hybridized carbons (Fsp3) is 0.269. The van der Waals surface area contributed by atoms with E-state index in [1.54, 1.807) is 0 Å². The highest BCUT2D eigenvalue weighted by atomic mass is 35.5. The first-order valence-corrected chi connectivity index (χ1v) is 13.0. The molecule has 0 radical (unpaired) electrons. The lowest BCUT2D eigenvalue weighted by Gasteiger charge is -2.21. The number of anilines is 1. The Morgan fingerprint density at radius 2 is 1.76 bits per heavy atom. The van der Waals surface area contributed by atoms with E-state index in [9.17, 15) is 13.2 Å². The van der Waals surface area contributed by atoms with Gasteiger partial charge in [0.05, 0.1) is 16.5 Å². The summed E-state index contributed by atoms with van der Waals surface area (Å²) in [4.78, 5) is 13.3. The number of nitrogens with one attached hydrogen (secondary N) is 2. The molecule has 8 heteroatoms. The Morgan fingerprint density at radius 1 is 1.03 bits per heavy atom. The summed E-state index contributed by atoms with van der Waals surface area (Å²) in [5.41, 5.74) is 3.42. The predicted octanol–water partition coefficient (Wildman–Crippen LogP) is 5.14. The van der Waals surface area contributed by atoms with Crippen LogP contribution in [0, 0.1) is 6.92 Å². The van der Waals surface area contributed by atoms with Gasteiger partial charge in [-0.25, -0.2) is 8.42 Å². The Morgan fingerprint density at radius 3 is 2.41 bits per heavy atom. The van der Waals surface area contributed by atoms with E-state index < -0.39 is 22.0 Å². The van der Waals surface area contributed by atoms with Crippen molar-refractivity contribution in [3.63, 3.8) is 0 Å². The number of halogens is 1. The number of hydrogen-bond acceptors (Lipinski definition) is 4. The van der Waals surface area contributed by atoms with E-state index >= 15 is 0 Å². The van der Waals surface area contributed by atoms with Crippen LogP contribution in [-0.2, 0) is 27.7 Å². The monoisotopic (exact) mass is 500 g/mol. The molecule has 0 aliphatic rings. The maximum absolute atomic E-state index is 13.4. The SMILES string of the molecule is CCOc1ccc(S(=O)(=O)N[C@H](Cc2ccccc2)C(=O)Nc2c(C)cccc2CC)cc1Cl. The second kappa shape index (κ2) is 11.5. The first-order chi connectivity index (χ1) is 16.2. The van der Waals surface area contributed by atoms with Gasteiger partial charge in [-0.2, -0.15) is 4.72 Å². The van der Waals surface area contributed by atoms with E-state index in [0.29, 0.717) is 18.0 Å². The van der Waals surface area contributed by atoms with Gasteiger partial charge in [-0.3, -0.25) is 4.79 Å². The minimum Gasteiger partial charge on any atom is -0.492 e. The second-order valence-corrected chi connectivity index (χ2v) is 9.96. The molecule has 34 heavy (non-hydrogen) atoms. The number of rotatable bonds is 10. The molecule has 1 atom stereocenters. The lowest BCUT2D eigenvalue weighted by atomic mass is 10.0. The van der Waals surface area contributed by atoms with Crippen LogP contribution in [0.3, 0.4) is 0 Å². The van der Waals surface area contributed by atoms with Crippen molar-refractivity contribution in [1.82, 2.24) is 4.72 Å². The van der Waals surface area contributed by atoms with E-state index in [-0.39, 0.29) is 16.3 Å². The number of ether oxygens (including phenoxy) is 1. The van der Waals surface area contributed by atoms with Crippen LogP contribution in [0.4, 0.5) is 5.69 Å². The number of para-hydroxylation sites is 1. The number of amides is 1. The average Bonchev–Trinajstić information content (AvgIpc) is 2.81. The quantitative estimate of drug-likeness (QED) is 0.404. The molecule has 6 nitrogen and oxygen atoms in total. The normalized spacial score (nSPS) is 12.2. The van der Waals surface area contributed by atoms with Crippen LogP contribution in [0.2, 0.25) is 5.02 Å². The van der Waals surface area contributed by atoms with Crippen LogP contribution in [0.5, 0.6) is 5.75 Å². The Kier molecular flexibility index (Phi) is 8.72. The van der Waals surface area contributed by atoms with Crippen molar-refractivity contribution in [3.8, 4) is 5.75 Å². The van der Waals surface area contributed by atoms with Gasteiger partial charge < -0.3 is 10.1 Å². The molecule has 0 unspecified atom stereocenters. The van der Waals surface area contributed by atoms with E-state index in [0.717, 1.165) is 23.1 Å². The van der Waals surface area contributed by atoms with Gasteiger partial charge in [0.25, 0.3) is 0 Å². The van der Waals surface area contributed by atoms with Crippen molar-refractivity contribution >= 4 is 33.2 Å². The number of aryl methyl sites for hydroxylation is 2. The summed E-state index contributed by atoms with van der Waals surface area (Å²) in [6.45, 7) is 6.13. The van der Waals surface area contributed by atoms with Gasteiger partial charge in [-0.1, -0.05) is 67.1 Å². The van der Waals surface area contributed by atoms with Gasteiger partial charge in [-0.15, -0.1) is 0 Å². The molecule has 0 bridgehead atoms. The molecule has 0 aliphatic heterocycles. The third kappa shape index (κ3) is 6.38. The largest absolute Gasteiger partial charge is 0.492 e. The maximum Gasteiger partial charge on any atom is 0.242 e. The molecule has 3 aromatic rings. The van der Waals surface area contributed by atoms with Gasteiger partial charge in [0, 0.05) is 5.69 Å². The Bertz CT molecular complexity index is 1250. The van der Waals surface area contributed by atoms with Gasteiger partial charge in [0.15, 0.2) is 0 Å². The zero-order chi connectivity index (χ0) is 24.7. The Balaban J connectivity index is 1.92. The molecule has 0 fully saturated rings. The van der Waals surface area contributed by atoms with Crippen molar-refractivity contribution < 1.29 is 17.9 Å². The molecule has 0 aliphatic carbocycles. The maximum atomic E-state index is 13.4. The van der Waals surface area contributed by atoms with Gasteiger partial charge in [0.2, 0.25) is 15.9 Å². The summed E-state index contributed by atoms with van der Waals surface area (Å²) >= 11 is 6.20. The molecular formula is C26H29ClN2O4S. The molecule has 0 heterocycles. The smallest absolute Gasteiger partial charge is 0.242 e. The molecule has 1 amide bonds. The van der Waals surface area contributed by atoms with Crippen LogP contribution in [0.1, 0.15) is 30.5 Å². The van der Waals surface area contributed by atoms with Gasteiger partial charge in [0.1, 0.15) is 11.8 Å². The number of carbonyl (C=O) groups excluding carboxylic acids is 1. The van der Waals surface area contributed by atoms with Crippen LogP contribution in [0.25, 0.3) is 0 Å². The van der Waals surface area contributed by atoms with Gasteiger partial charge >= 0.3 is 0 Å². The van der Waals surface area contributed by atoms with Gasteiger partial charge in [-0.05, 0) is 61.6 Å². The summed E-state index contributed by atoms with van der Waals surface area (Å²) in [5.74, 6) is -0.0400. The van der Waals surface area contributed by atoms with Crippen LogP contribution in [0.15, 0.2) is 71.6 Å². The molecule has 0 saturated heterocycles. The highest BCUT2D eigenvalue weighted by Crippen LogP contribution is 2.28. The molecule has 3 aromatic carbocycles. The number of benzene rings is 3. The summed E-state index contributed by atoms with van der Waals surface area (Å²) in [5, 5.41) is 3.13. The summed E-state index contributed by atoms with van der Waals surface area (Å²) in [6.07, 6.45) is 0.918. The van der Waals surface area contributed by atoms with E-state index in [2.05, 4.69) is 10.0 Å². The lowest BCUT2D eigenvalue weighted by Crippen LogP contribution is -2.45. The van der Waals surface area contributed by atoms with Crippen molar-refractivity contribution in [1.29, 1.82) is 0 Å². The van der Waals surface area contributed by atoms with Crippen molar-refractivity contribution in [2.75, 3.05) is 11.9 Å². The molecule has 180 valence electrons. The molecule has 0 spiro atoms. The van der Waals surface area contributed by atoms with Crippen LogP contribution in [-0.4, -0.2) is 27.0 Å². The van der Waals surface area contributed by atoms with E-state index in [1.807, 2.05) is 69.3 Å². The van der Waals surface area contributed by atoms with E-state index in [1.165, 1.54) is 18.2 Å². The Hall–Kier alpha value is -2.87. The highest BCUT2D eigenvalue weighted by Gasteiger charge is 2.27. The minimum absolute atomic E-state index is 0.0445. The molecular weight excluding hydrogens is 472 g/mol. The van der Waals surface area contributed by atoms with E-state index in [4.69, 9.17) is 16.3 Å². The van der Waals surface area contributed by atoms with Crippen molar-refractivity contribution in [2.45, 2.75) is 44.6 Å². The predicted molar refractivity (Wildman–Crippen MR) is 136 cm³/mol. The lowest BCUT2D eigenvalue weighted by molar-refractivity contribution is -0.117. The van der Waals surface area contributed by atoms with Crippen molar-refractivity contribution in [3.05, 3.63) is 88.4 Å². The first-order valence-electron chi connectivity index (χ1n) is 11.1. The fourth-order valence-corrected chi connectivity index (χ4v) is 5.15. The molecule has 2 N–H and O–H groups in total.